The lowest BCUT2D eigenvalue weighted by Gasteiger charge is -2.44. The Kier molecular flexibility index (Phi) is 7.44. The van der Waals surface area contributed by atoms with E-state index in [1.54, 1.807) is 24.3 Å². The van der Waals surface area contributed by atoms with Gasteiger partial charge in [-0.05, 0) is 77.9 Å². The van der Waals surface area contributed by atoms with Gasteiger partial charge in [0.25, 0.3) is 0 Å². The van der Waals surface area contributed by atoms with E-state index in [0.717, 1.165) is 27.8 Å². The maximum atomic E-state index is 16.5. The summed E-state index contributed by atoms with van der Waals surface area (Å²) in [6, 6.07) is 61.0. The first kappa shape index (κ1) is 34.1. The first-order valence-corrected chi connectivity index (χ1v) is 22.3. The highest BCUT2D eigenvalue weighted by Gasteiger charge is 2.50. The Balaban J connectivity index is 1.23. The van der Waals surface area contributed by atoms with Gasteiger partial charge in [-0.1, -0.05) is 115 Å². The van der Waals surface area contributed by atoms with Crippen LogP contribution in [-0.4, -0.2) is 4.57 Å². The van der Waals surface area contributed by atoms with Crippen molar-refractivity contribution in [1.29, 1.82) is 5.26 Å². The van der Waals surface area contributed by atoms with E-state index in [1.165, 1.54) is 10.8 Å². The molecule has 2 unspecified atom stereocenters. The van der Waals surface area contributed by atoms with Crippen molar-refractivity contribution in [2.45, 2.75) is 0 Å². The molecule has 0 amide bonds. The summed E-state index contributed by atoms with van der Waals surface area (Å²) in [7, 11) is -7.44. The van der Waals surface area contributed by atoms with Crippen LogP contribution in [0.15, 0.2) is 182 Å². The third-order valence-electron chi connectivity index (χ3n) is 11.6. The molecule has 0 spiro atoms. The molecule has 0 radical (unpaired) electrons. The van der Waals surface area contributed by atoms with Crippen LogP contribution < -0.4 is 36.7 Å². The second-order valence-electron chi connectivity index (χ2n) is 14.6. The molecule has 0 aliphatic carbocycles. The van der Waals surface area contributed by atoms with Crippen LogP contribution in [0.25, 0.3) is 43.5 Å². The highest BCUT2D eigenvalue weighted by atomic mass is 31.2. The minimum absolute atomic E-state index is 0.377. The van der Waals surface area contributed by atoms with Crippen molar-refractivity contribution in [3.8, 4) is 22.9 Å². The molecule has 6 nitrogen and oxygen atoms in total. The highest BCUT2D eigenvalue weighted by molar-refractivity contribution is 7.88. The molecule has 3 heterocycles. The molecule has 11 rings (SSSR count). The molecule has 0 fully saturated rings. The van der Waals surface area contributed by atoms with Gasteiger partial charge in [-0.25, -0.2) is 4.85 Å². The lowest BCUT2D eigenvalue weighted by atomic mass is 10.0. The van der Waals surface area contributed by atoms with Crippen LogP contribution in [0.5, 0.6) is 0 Å². The number of nitriles is 1. The number of para-hydroxylation sites is 2. The van der Waals surface area contributed by atoms with Gasteiger partial charge in [-0.3, -0.25) is 0 Å². The van der Waals surface area contributed by atoms with E-state index in [4.69, 9.17) is 6.57 Å². The molecule has 58 heavy (non-hydrogen) atoms. The number of fused-ring (bicyclic) bond motifs is 7. The van der Waals surface area contributed by atoms with Gasteiger partial charge in [0.15, 0.2) is 20.0 Å². The normalized spacial score (nSPS) is 17.5. The fourth-order valence-corrected chi connectivity index (χ4v) is 15.2. The van der Waals surface area contributed by atoms with Crippen LogP contribution in [0.2, 0.25) is 0 Å². The van der Waals surface area contributed by atoms with Gasteiger partial charge in [-0.2, -0.15) is 5.26 Å². The maximum absolute atomic E-state index is 16.5. The molecule has 8 heteroatoms. The standard InChI is InChI=1S/C50H30N4O2P2/c1-52-36-23-27-45-47(31-36)58(56,39-14-6-3-7-15-39)49-30-35(34-21-24-37(25-22-34)53-42-18-10-8-16-40(42)41-17-9-11-19-43(41)53)29-48-50(49)54(45)44-26-20-33(32-51)28-46(44)57(48,55)38-12-4-2-5-13-38/h2-31H. The summed E-state index contributed by atoms with van der Waals surface area (Å²) >= 11 is 0. The second kappa shape index (κ2) is 12.7. The summed E-state index contributed by atoms with van der Waals surface area (Å²) in [5, 5.41) is 15.9. The Morgan fingerprint density at radius 2 is 1.03 bits per heavy atom. The first-order valence-electron chi connectivity index (χ1n) is 18.9. The molecule has 9 aromatic rings. The van der Waals surface area contributed by atoms with Crippen LogP contribution in [0.4, 0.5) is 22.7 Å². The predicted molar refractivity (Wildman–Crippen MR) is 238 cm³/mol. The van der Waals surface area contributed by atoms with Crippen LogP contribution in [0.3, 0.4) is 0 Å². The van der Waals surface area contributed by atoms with Crippen molar-refractivity contribution in [2.75, 3.05) is 4.90 Å². The molecule has 2 atom stereocenters. The average Bonchev–Trinajstić information content (AvgIpc) is 3.63. The van der Waals surface area contributed by atoms with Gasteiger partial charge >= 0.3 is 0 Å². The zero-order valence-corrected chi connectivity index (χ0v) is 32.6. The Morgan fingerprint density at radius 3 is 1.59 bits per heavy atom. The molecule has 2 aliphatic rings. The minimum Gasteiger partial charge on any atom is -0.309 e. The van der Waals surface area contributed by atoms with E-state index in [2.05, 4.69) is 93.2 Å². The molecular weight excluding hydrogens is 751 g/mol. The number of hydrogen-bond donors (Lipinski definition) is 0. The van der Waals surface area contributed by atoms with E-state index >= 15 is 9.13 Å². The molecular formula is C50H30N4O2P2. The maximum Gasteiger partial charge on any atom is 0.188 e. The lowest BCUT2D eigenvalue weighted by Crippen LogP contribution is -2.46. The van der Waals surface area contributed by atoms with Crippen LogP contribution >= 0.6 is 14.3 Å². The van der Waals surface area contributed by atoms with Crippen molar-refractivity contribution in [3.63, 3.8) is 0 Å². The summed E-state index contributed by atoms with van der Waals surface area (Å²) in [6.45, 7) is 7.95. The van der Waals surface area contributed by atoms with E-state index in [-0.39, 0.29) is 0 Å². The third kappa shape index (κ3) is 4.65. The average molecular weight is 781 g/mol. The zero-order chi connectivity index (χ0) is 39.2. The Bertz CT molecular complexity index is 3180. The van der Waals surface area contributed by atoms with E-state index < -0.39 is 14.3 Å². The smallest absolute Gasteiger partial charge is 0.188 e. The second-order valence-corrected chi connectivity index (χ2v) is 20.0. The molecule has 2 aliphatic heterocycles. The Labute approximate surface area is 335 Å². The van der Waals surface area contributed by atoms with Gasteiger partial charge in [0, 0.05) is 48.3 Å². The zero-order valence-electron chi connectivity index (χ0n) is 30.8. The summed E-state index contributed by atoms with van der Waals surface area (Å²) < 4.78 is 35.3. The van der Waals surface area contributed by atoms with Crippen molar-refractivity contribution >= 4 is 90.7 Å². The summed E-state index contributed by atoms with van der Waals surface area (Å²) in [5.41, 5.74) is 7.53. The molecule has 8 aromatic carbocycles. The predicted octanol–water partition coefficient (Wildman–Crippen LogP) is 10.2. The summed E-state index contributed by atoms with van der Waals surface area (Å²) in [4.78, 5) is 5.82. The van der Waals surface area contributed by atoms with Crippen molar-refractivity contribution in [1.82, 2.24) is 4.57 Å². The molecule has 0 saturated heterocycles. The molecule has 0 saturated carbocycles. The van der Waals surface area contributed by atoms with Gasteiger partial charge in [0.1, 0.15) is 0 Å². The number of rotatable bonds is 4. The van der Waals surface area contributed by atoms with Gasteiger partial charge in [0.2, 0.25) is 0 Å². The number of hydrogen-bond acceptors (Lipinski definition) is 4. The molecule has 0 bridgehead atoms. The van der Waals surface area contributed by atoms with E-state index in [0.29, 0.717) is 60.1 Å². The quantitative estimate of drug-likeness (QED) is 0.132. The van der Waals surface area contributed by atoms with E-state index in [9.17, 15) is 5.26 Å². The Morgan fingerprint density at radius 1 is 0.517 bits per heavy atom. The van der Waals surface area contributed by atoms with Gasteiger partial charge < -0.3 is 18.6 Å². The monoisotopic (exact) mass is 780 g/mol. The first-order chi connectivity index (χ1) is 28.4. The Hall–Kier alpha value is -7.20. The molecule has 272 valence electrons. The van der Waals surface area contributed by atoms with Gasteiger partial charge in [-0.15, -0.1) is 0 Å². The van der Waals surface area contributed by atoms with Crippen molar-refractivity contribution in [2.24, 2.45) is 0 Å². The largest absolute Gasteiger partial charge is 0.309 e. The number of benzene rings is 8. The third-order valence-corrected chi connectivity index (χ3v) is 17.8. The summed E-state index contributed by atoms with van der Waals surface area (Å²) in [6.07, 6.45) is 0. The fraction of sp³-hybridized carbons (Fsp3) is 0. The van der Waals surface area contributed by atoms with Crippen molar-refractivity contribution < 1.29 is 9.13 Å². The number of nitrogens with zero attached hydrogens (tertiary/aromatic N) is 4. The van der Waals surface area contributed by atoms with Crippen molar-refractivity contribution in [3.05, 3.63) is 199 Å². The van der Waals surface area contributed by atoms with Crippen LogP contribution in [-0.2, 0) is 9.13 Å². The summed E-state index contributed by atoms with van der Waals surface area (Å²) in [5.74, 6) is 0. The minimum atomic E-state index is -3.72. The van der Waals surface area contributed by atoms with Crippen LogP contribution in [0.1, 0.15) is 5.56 Å². The van der Waals surface area contributed by atoms with Crippen LogP contribution in [0, 0.1) is 17.9 Å². The molecule has 0 N–H and O–H groups in total. The number of anilines is 3. The SMILES string of the molecule is [C-]#[N+]c1ccc2c(c1)P(=O)(c1ccccc1)c1cc(-c3ccc(-n4c5ccccc5c5ccccc54)cc3)cc3c1N2c1ccc(C#N)cc1P3(=O)c1ccccc1. The fourth-order valence-electron chi connectivity index (χ4n) is 9.00. The molecule has 1 aromatic heterocycles. The highest BCUT2D eigenvalue weighted by Crippen LogP contribution is 2.61. The van der Waals surface area contributed by atoms with E-state index in [1.807, 2.05) is 84.9 Å². The van der Waals surface area contributed by atoms with Gasteiger partial charge in [0.05, 0.1) is 46.3 Å². The lowest BCUT2D eigenvalue weighted by molar-refractivity contribution is 0.592. The topological polar surface area (TPSA) is 70.5 Å². The number of aromatic nitrogens is 1.